The summed E-state index contributed by atoms with van der Waals surface area (Å²) >= 11 is 0. The Morgan fingerprint density at radius 2 is 1.80 bits per heavy atom. The molecule has 0 saturated carbocycles. The van der Waals surface area contributed by atoms with E-state index in [0.29, 0.717) is 12.5 Å². The highest BCUT2D eigenvalue weighted by Crippen LogP contribution is 2.33. The molecule has 4 nitrogen and oxygen atoms in total. The van der Waals surface area contributed by atoms with Crippen LogP contribution in [0.5, 0.6) is 0 Å². The topological polar surface area (TPSA) is 32.8 Å². The average molecular weight is 336 g/mol. The van der Waals surface area contributed by atoms with Crippen LogP contribution < -0.4 is 0 Å². The molecule has 1 amide bonds. The lowest BCUT2D eigenvalue weighted by Gasteiger charge is -2.35. The zero-order valence-electron chi connectivity index (χ0n) is 14.4. The Morgan fingerprint density at radius 3 is 2.60 bits per heavy atom. The summed E-state index contributed by atoms with van der Waals surface area (Å²) < 4.78 is 5.00. The highest BCUT2D eigenvalue weighted by atomic mass is 16.6. The standard InChI is InChI=1S/C21H24N2O2/c24-21-23(13-14-25-21)12-6-11-22-15-18-9-4-5-10-19(18)20(16-22)17-7-2-1-3-8-17/h1-5,7-10,20H,6,11-16H2. The van der Waals surface area contributed by atoms with E-state index >= 15 is 0 Å². The second-order valence-corrected chi connectivity index (χ2v) is 6.85. The van der Waals surface area contributed by atoms with E-state index in [2.05, 4.69) is 59.5 Å². The summed E-state index contributed by atoms with van der Waals surface area (Å²) in [6.45, 7) is 5.07. The third-order valence-corrected chi connectivity index (χ3v) is 5.21. The summed E-state index contributed by atoms with van der Waals surface area (Å²) in [6.07, 6.45) is 0.824. The molecule has 25 heavy (non-hydrogen) atoms. The lowest BCUT2D eigenvalue weighted by Crippen LogP contribution is -2.36. The van der Waals surface area contributed by atoms with Crippen molar-refractivity contribution in [3.8, 4) is 0 Å². The predicted octanol–water partition coefficient (Wildman–Crippen LogP) is 3.48. The van der Waals surface area contributed by atoms with Crippen LogP contribution in [-0.2, 0) is 11.3 Å². The average Bonchev–Trinajstić information content (AvgIpc) is 3.07. The van der Waals surface area contributed by atoms with Crippen LogP contribution in [0, 0.1) is 0 Å². The fourth-order valence-electron chi connectivity index (χ4n) is 3.93. The van der Waals surface area contributed by atoms with Crippen LogP contribution in [0.3, 0.4) is 0 Å². The number of ether oxygens (including phenoxy) is 1. The van der Waals surface area contributed by atoms with Gasteiger partial charge in [-0.15, -0.1) is 0 Å². The molecule has 0 radical (unpaired) electrons. The van der Waals surface area contributed by atoms with E-state index in [9.17, 15) is 4.79 Å². The Hall–Kier alpha value is -2.33. The number of nitrogens with zero attached hydrogens (tertiary/aromatic N) is 2. The molecular formula is C21H24N2O2. The van der Waals surface area contributed by atoms with E-state index in [1.807, 2.05) is 4.90 Å². The van der Waals surface area contributed by atoms with Gasteiger partial charge in [-0.25, -0.2) is 4.79 Å². The zero-order chi connectivity index (χ0) is 17.1. The van der Waals surface area contributed by atoms with Gasteiger partial charge in [-0.05, 0) is 23.1 Å². The Labute approximate surface area is 149 Å². The Morgan fingerprint density at radius 1 is 1.00 bits per heavy atom. The summed E-state index contributed by atoms with van der Waals surface area (Å²) in [4.78, 5) is 15.9. The minimum absolute atomic E-state index is 0.161. The number of hydrogen-bond acceptors (Lipinski definition) is 3. The van der Waals surface area contributed by atoms with Gasteiger partial charge in [0.1, 0.15) is 6.61 Å². The molecular weight excluding hydrogens is 312 g/mol. The number of benzene rings is 2. The van der Waals surface area contributed by atoms with E-state index < -0.39 is 0 Å². The quantitative estimate of drug-likeness (QED) is 0.838. The molecule has 1 atom stereocenters. The number of carbonyl (C=O) groups is 1. The van der Waals surface area contributed by atoms with Gasteiger partial charge in [0, 0.05) is 32.1 Å². The molecule has 2 aromatic carbocycles. The lowest BCUT2D eigenvalue weighted by molar-refractivity contribution is 0.155. The summed E-state index contributed by atoms with van der Waals surface area (Å²) in [6, 6.07) is 19.6. The Bertz CT molecular complexity index is 732. The molecule has 0 spiro atoms. The van der Waals surface area contributed by atoms with Gasteiger partial charge in [-0.1, -0.05) is 54.6 Å². The van der Waals surface area contributed by atoms with Crippen molar-refractivity contribution in [2.75, 3.05) is 32.8 Å². The molecule has 0 bridgehead atoms. The van der Waals surface area contributed by atoms with Crippen LogP contribution in [0.2, 0.25) is 0 Å². The van der Waals surface area contributed by atoms with Crippen LogP contribution in [0.1, 0.15) is 29.0 Å². The molecule has 1 saturated heterocycles. The van der Waals surface area contributed by atoms with Gasteiger partial charge in [0.05, 0.1) is 6.54 Å². The molecule has 0 N–H and O–H groups in total. The van der Waals surface area contributed by atoms with Crippen LogP contribution >= 0.6 is 0 Å². The maximum Gasteiger partial charge on any atom is 0.409 e. The summed E-state index contributed by atoms with van der Waals surface area (Å²) in [5, 5.41) is 0. The molecule has 2 aliphatic rings. The number of cyclic esters (lactones) is 1. The van der Waals surface area contributed by atoms with Crippen molar-refractivity contribution in [2.45, 2.75) is 18.9 Å². The summed E-state index contributed by atoms with van der Waals surface area (Å²) in [7, 11) is 0. The maximum atomic E-state index is 11.5. The van der Waals surface area contributed by atoms with Gasteiger partial charge in [0.25, 0.3) is 0 Å². The molecule has 130 valence electrons. The van der Waals surface area contributed by atoms with Crippen molar-refractivity contribution in [3.05, 3.63) is 71.3 Å². The van der Waals surface area contributed by atoms with E-state index in [1.54, 1.807) is 0 Å². The molecule has 2 aliphatic heterocycles. The van der Waals surface area contributed by atoms with Crippen LogP contribution in [0.15, 0.2) is 54.6 Å². The third kappa shape index (κ3) is 3.54. The van der Waals surface area contributed by atoms with Gasteiger partial charge in [0.15, 0.2) is 0 Å². The summed E-state index contributed by atoms with van der Waals surface area (Å²) in [5.74, 6) is 0.419. The Kier molecular flexibility index (Phi) is 4.70. The normalized spacial score (nSPS) is 20.4. The van der Waals surface area contributed by atoms with Crippen molar-refractivity contribution in [1.29, 1.82) is 0 Å². The first-order chi connectivity index (χ1) is 12.3. The maximum absolute atomic E-state index is 11.5. The SMILES string of the molecule is O=C1OCCN1CCCN1Cc2ccccc2C(c2ccccc2)C1. The van der Waals surface area contributed by atoms with E-state index in [4.69, 9.17) is 4.74 Å². The van der Waals surface area contributed by atoms with Gasteiger partial charge in [-0.2, -0.15) is 0 Å². The third-order valence-electron chi connectivity index (χ3n) is 5.21. The number of carbonyl (C=O) groups excluding carboxylic acids is 1. The van der Waals surface area contributed by atoms with Crippen molar-refractivity contribution in [1.82, 2.24) is 9.80 Å². The molecule has 1 unspecified atom stereocenters. The second-order valence-electron chi connectivity index (χ2n) is 6.85. The van der Waals surface area contributed by atoms with E-state index in [1.165, 1.54) is 16.7 Å². The molecule has 4 rings (SSSR count). The van der Waals surface area contributed by atoms with Crippen molar-refractivity contribution >= 4 is 6.09 Å². The van der Waals surface area contributed by atoms with E-state index in [-0.39, 0.29) is 6.09 Å². The van der Waals surface area contributed by atoms with E-state index in [0.717, 1.165) is 39.1 Å². The first-order valence-corrected chi connectivity index (χ1v) is 9.08. The molecule has 4 heteroatoms. The largest absolute Gasteiger partial charge is 0.448 e. The van der Waals surface area contributed by atoms with Crippen LogP contribution in [0.25, 0.3) is 0 Å². The number of fused-ring (bicyclic) bond motifs is 1. The monoisotopic (exact) mass is 336 g/mol. The molecule has 0 aromatic heterocycles. The second kappa shape index (κ2) is 7.28. The van der Waals surface area contributed by atoms with Gasteiger partial charge < -0.3 is 9.64 Å². The van der Waals surface area contributed by atoms with Crippen LogP contribution in [-0.4, -0.2) is 48.7 Å². The molecule has 1 fully saturated rings. The molecule has 0 aliphatic carbocycles. The van der Waals surface area contributed by atoms with Crippen LogP contribution in [0.4, 0.5) is 4.79 Å². The lowest BCUT2D eigenvalue weighted by atomic mass is 9.84. The van der Waals surface area contributed by atoms with Crippen molar-refractivity contribution < 1.29 is 9.53 Å². The smallest absolute Gasteiger partial charge is 0.409 e. The number of amides is 1. The van der Waals surface area contributed by atoms with Gasteiger partial charge in [0.2, 0.25) is 0 Å². The first-order valence-electron chi connectivity index (χ1n) is 9.08. The van der Waals surface area contributed by atoms with Gasteiger partial charge in [-0.3, -0.25) is 4.90 Å². The minimum atomic E-state index is -0.161. The predicted molar refractivity (Wildman–Crippen MR) is 97.5 cm³/mol. The van der Waals surface area contributed by atoms with Crippen molar-refractivity contribution in [2.24, 2.45) is 0 Å². The molecule has 2 aromatic rings. The Balaban J connectivity index is 1.45. The van der Waals surface area contributed by atoms with Gasteiger partial charge >= 0.3 is 6.09 Å². The number of hydrogen-bond donors (Lipinski definition) is 0. The fraction of sp³-hybridized carbons (Fsp3) is 0.381. The minimum Gasteiger partial charge on any atom is -0.448 e. The zero-order valence-corrected chi connectivity index (χ0v) is 14.4. The first kappa shape index (κ1) is 16.2. The van der Waals surface area contributed by atoms with Crippen molar-refractivity contribution in [3.63, 3.8) is 0 Å². The molecule has 2 heterocycles. The summed E-state index contributed by atoms with van der Waals surface area (Å²) in [5.41, 5.74) is 4.25. The highest BCUT2D eigenvalue weighted by molar-refractivity contribution is 5.69. The number of rotatable bonds is 5. The highest BCUT2D eigenvalue weighted by Gasteiger charge is 2.26. The fourth-order valence-corrected chi connectivity index (χ4v) is 3.93.